The molecule has 0 radical (unpaired) electrons. The summed E-state index contributed by atoms with van der Waals surface area (Å²) in [7, 11) is 3.99. The quantitative estimate of drug-likeness (QED) is 0.658. The number of hydrogen-bond acceptors (Lipinski definition) is 6. The minimum atomic E-state index is 0.00918. The number of anilines is 1. The largest absolute Gasteiger partial charge is 0.360 e. The lowest BCUT2D eigenvalue weighted by Crippen LogP contribution is -2.31. The summed E-state index contributed by atoms with van der Waals surface area (Å²) in [5.74, 6) is 1.48. The second kappa shape index (κ2) is 7.62. The van der Waals surface area contributed by atoms with Crippen molar-refractivity contribution in [2.75, 3.05) is 26.0 Å². The molecule has 0 atom stereocenters. The van der Waals surface area contributed by atoms with Gasteiger partial charge >= 0.3 is 0 Å². The van der Waals surface area contributed by atoms with Crippen LogP contribution in [0.25, 0.3) is 21.3 Å². The molecule has 1 amide bonds. The lowest BCUT2D eigenvalue weighted by Gasteiger charge is -2.13. The van der Waals surface area contributed by atoms with E-state index in [-0.39, 0.29) is 12.5 Å². The highest BCUT2D eigenvalue weighted by Crippen LogP contribution is 2.37. The maximum Gasteiger partial charge on any atom is 0.239 e. The Labute approximate surface area is 162 Å². The lowest BCUT2D eigenvalue weighted by atomic mass is 10.1. The van der Waals surface area contributed by atoms with Crippen LogP contribution >= 0.6 is 11.3 Å². The summed E-state index contributed by atoms with van der Waals surface area (Å²) < 4.78 is 0. The van der Waals surface area contributed by atoms with Crippen LogP contribution in [0.1, 0.15) is 18.7 Å². The maximum atomic E-state index is 12.1. The van der Waals surface area contributed by atoms with E-state index in [0.717, 1.165) is 45.8 Å². The average Bonchev–Trinajstić information content (AvgIpc) is 3.35. The first-order chi connectivity index (χ1) is 13.1. The molecule has 27 heavy (non-hydrogen) atoms. The maximum absolute atomic E-state index is 12.1. The molecule has 0 spiro atoms. The number of benzene rings is 1. The molecule has 3 aromatic rings. The Balaban J connectivity index is 1.69. The number of carbonyl (C=O) groups excluding carboxylic acids is 1. The molecule has 2 N–H and O–H groups in total. The standard InChI is InChI=1S/C20H23N5OS/c1-25(2)11-16-23-19(21-10-17(26)22-14-8-9-14)18-15(12-27-20(18)24-16)13-6-4-3-5-7-13/h3-7,12,14H,8-11H2,1-2H3,(H,22,26)(H,21,23,24). The summed E-state index contributed by atoms with van der Waals surface area (Å²) in [6.45, 7) is 0.867. The zero-order valence-corrected chi connectivity index (χ0v) is 16.3. The summed E-state index contributed by atoms with van der Waals surface area (Å²) in [4.78, 5) is 24.6. The van der Waals surface area contributed by atoms with Crippen molar-refractivity contribution in [1.29, 1.82) is 0 Å². The van der Waals surface area contributed by atoms with Crippen LogP contribution in [0.4, 0.5) is 5.82 Å². The number of nitrogens with zero attached hydrogens (tertiary/aromatic N) is 3. The Bertz CT molecular complexity index is 950. The van der Waals surface area contributed by atoms with Gasteiger partial charge in [-0.1, -0.05) is 30.3 Å². The molecule has 140 valence electrons. The van der Waals surface area contributed by atoms with Gasteiger partial charge in [0.15, 0.2) is 0 Å². The van der Waals surface area contributed by atoms with E-state index in [1.807, 2.05) is 37.2 Å². The first-order valence-electron chi connectivity index (χ1n) is 9.11. The van der Waals surface area contributed by atoms with E-state index < -0.39 is 0 Å². The molecule has 0 aliphatic heterocycles. The zero-order valence-electron chi connectivity index (χ0n) is 15.5. The van der Waals surface area contributed by atoms with E-state index >= 15 is 0 Å². The van der Waals surface area contributed by atoms with Crippen molar-refractivity contribution in [3.63, 3.8) is 0 Å². The van der Waals surface area contributed by atoms with Crippen LogP contribution in [0.3, 0.4) is 0 Å². The number of aromatic nitrogens is 2. The van der Waals surface area contributed by atoms with Crippen molar-refractivity contribution in [2.24, 2.45) is 0 Å². The van der Waals surface area contributed by atoms with Crippen LogP contribution in [0.15, 0.2) is 35.7 Å². The third-order valence-electron chi connectivity index (χ3n) is 4.38. The van der Waals surface area contributed by atoms with Gasteiger partial charge in [-0.15, -0.1) is 11.3 Å². The van der Waals surface area contributed by atoms with Crippen molar-refractivity contribution in [1.82, 2.24) is 20.2 Å². The highest BCUT2D eigenvalue weighted by Gasteiger charge is 2.23. The van der Waals surface area contributed by atoms with Gasteiger partial charge in [0.25, 0.3) is 0 Å². The molecule has 2 aromatic heterocycles. The van der Waals surface area contributed by atoms with Gasteiger partial charge in [-0.2, -0.15) is 0 Å². The second-order valence-corrected chi connectivity index (χ2v) is 7.98. The number of rotatable bonds is 7. The molecule has 1 saturated carbocycles. The number of nitrogens with one attached hydrogen (secondary N) is 2. The number of carbonyl (C=O) groups is 1. The van der Waals surface area contributed by atoms with Crippen LogP contribution in [0, 0.1) is 0 Å². The number of fused-ring (bicyclic) bond motifs is 1. The molecule has 0 unspecified atom stereocenters. The van der Waals surface area contributed by atoms with Crippen molar-refractivity contribution in [2.45, 2.75) is 25.4 Å². The molecule has 1 aliphatic rings. The number of amides is 1. The summed E-state index contributed by atoms with van der Waals surface area (Å²) in [6, 6.07) is 10.6. The number of thiophene rings is 1. The van der Waals surface area contributed by atoms with Gasteiger partial charge in [0.1, 0.15) is 16.5 Å². The van der Waals surface area contributed by atoms with Gasteiger partial charge in [-0.05, 0) is 32.5 Å². The SMILES string of the molecule is CN(C)Cc1nc(NCC(=O)NC2CC2)c2c(-c3ccccc3)csc2n1. The van der Waals surface area contributed by atoms with Gasteiger partial charge in [-0.25, -0.2) is 9.97 Å². The van der Waals surface area contributed by atoms with Gasteiger partial charge < -0.3 is 15.5 Å². The Morgan fingerprint density at radius 3 is 2.70 bits per heavy atom. The zero-order chi connectivity index (χ0) is 18.8. The molecule has 1 aromatic carbocycles. The Hall–Kier alpha value is -2.51. The van der Waals surface area contributed by atoms with Crippen LogP contribution < -0.4 is 10.6 Å². The molecular formula is C20H23N5OS. The third kappa shape index (κ3) is 4.26. The van der Waals surface area contributed by atoms with Gasteiger partial charge in [0.05, 0.1) is 18.5 Å². The third-order valence-corrected chi connectivity index (χ3v) is 5.25. The highest BCUT2D eigenvalue weighted by molar-refractivity contribution is 7.17. The minimum Gasteiger partial charge on any atom is -0.360 e. The topological polar surface area (TPSA) is 70.2 Å². The molecule has 0 bridgehead atoms. The highest BCUT2D eigenvalue weighted by atomic mass is 32.1. The van der Waals surface area contributed by atoms with Crippen LogP contribution in [0.5, 0.6) is 0 Å². The van der Waals surface area contributed by atoms with Crippen LogP contribution in [-0.4, -0.2) is 47.5 Å². The minimum absolute atomic E-state index is 0.00918. The molecule has 1 aliphatic carbocycles. The van der Waals surface area contributed by atoms with E-state index in [4.69, 9.17) is 9.97 Å². The molecule has 0 saturated heterocycles. The van der Waals surface area contributed by atoms with Gasteiger partial charge in [0.2, 0.25) is 5.91 Å². The normalized spacial score (nSPS) is 13.9. The molecular weight excluding hydrogens is 358 g/mol. The van der Waals surface area contributed by atoms with Crippen molar-refractivity contribution < 1.29 is 4.79 Å². The van der Waals surface area contributed by atoms with Crippen molar-refractivity contribution in [3.8, 4) is 11.1 Å². The molecule has 1 fully saturated rings. The average molecular weight is 382 g/mol. The lowest BCUT2D eigenvalue weighted by molar-refractivity contribution is -0.119. The fraction of sp³-hybridized carbons (Fsp3) is 0.350. The monoisotopic (exact) mass is 381 g/mol. The molecule has 6 nitrogen and oxygen atoms in total. The number of hydrogen-bond donors (Lipinski definition) is 2. The van der Waals surface area contributed by atoms with Crippen LogP contribution in [0.2, 0.25) is 0 Å². The van der Waals surface area contributed by atoms with Gasteiger partial charge in [0, 0.05) is 17.0 Å². The summed E-state index contributed by atoms with van der Waals surface area (Å²) in [5.41, 5.74) is 2.22. The first kappa shape index (κ1) is 17.9. The Kier molecular flexibility index (Phi) is 5.05. The Morgan fingerprint density at radius 1 is 1.22 bits per heavy atom. The van der Waals surface area contributed by atoms with Gasteiger partial charge in [-0.3, -0.25) is 4.79 Å². The predicted molar refractivity (Wildman–Crippen MR) is 110 cm³/mol. The predicted octanol–water partition coefficient (Wildman–Crippen LogP) is 3.11. The van der Waals surface area contributed by atoms with E-state index in [2.05, 4.69) is 28.1 Å². The second-order valence-electron chi connectivity index (χ2n) is 7.12. The fourth-order valence-corrected chi connectivity index (χ4v) is 3.93. The van der Waals surface area contributed by atoms with Crippen molar-refractivity contribution >= 4 is 33.3 Å². The van der Waals surface area contributed by atoms with E-state index in [9.17, 15) is 4.79 Å². The summed E-state index contributed by atoms with van der Waals surface area (Å²) in [5, 5.41) is 9.36. The molecule has 7 heteroatoms. The first-order valence-corrected chi connectivity index (χ1v) is 9.99. The van der Waals surface area contributed by atoms with E-state index in [0.29, 0.717) is 12.6 Å². The van der Waals surface area contributed by atoms with Crippen molar-refractivity contribution in [3.05, 3.63) is 41.5 Å². The molecule has 2 heterocycles. The molecule has 4 rings (SSSR count). The van der Waals surface area contributed by atoms with E-state index in [1.165, 1.54) is 0 Å². The fourth-order valence-electron chi connectivity index (χ4n) is 2.97. The Morgan fingerprint density at radius 2 is 2.00 bits per heavy atom. The smallest absolute Gasteiger partial charge is 0.239 e. The summed E-state index contributed by atoms with van der Waals surface area (Å²) >= 11 is 1.61. The van der Waals surface area contributed by atoms with Crippen LogP contribution in [-0.2, 0) is 11.3 Å². The summed E-state index contributed by atoms with van der Waals surface area (Å²) in [6.07, 6.45) is 2.17. The van der Waals surface area contributed by atoms with E-state index in [1.54, 1.807) is 11.3 Å².